The van der Waals surface area contributed by atoms with Gasteiger partial charge in [-0.2, -0.15) is 0 Å². The van der Waals surface area contributed by atoms with Crippen LogP contribution in [0.5, 0.6) is 0 Å². The molecule has 2 bridgehead atoms. The number of hydrogen-bond donors (Lipinski definition) is 0. The van der Waals surface area contributed by atoms with Gasteiger partial charge in [0.25, 0.3) is 0 Å². The van der Waals surface area contributed by atoms with Gasteiger partial charge in [0.2, 0.25) is 0 Å². The van der Waals surface area contributed by atoms with Crippen molar-refractivity contribution in [1.29, 1.82) is 0 Å². The van der Waals surface area contributed by atoms with Crippen molar-refractivity contribution in [2.45, 2.75) is 32.2 Å². The Bertz CT molecular complexity index is 182. The van der Waals surface area contributed by atoms with Crippen LogP contribution in [0.25, 0.3) is 0 Å². The van der Waals surface area contributed by atoms with Gasteiger partial charge in [-0.1, -0.05) is 26.0 Å². The van der Waals surface area contributed by atoms with Gasteiger partial charge in [0, 0.05) is 18.9 Å². The van der Waals surface area contributed by atoms with E-state index in [0.29, 0.717) is 17.9 Å². The maximum atomic E-state index is 5.76. The lowest BCUT2D eigenvalue weighted by Crippen LogP contribution is -2.45. The number of rotatable bonds is 1. The Balaban J connectivity index is 2.19. The fraction of sp³-hybridized carbons (Fsp3) is 0.800. The molecule has 1 saturated heterocycles. The van der Waals surface area contributed by atoms with Crippen LogP contribution in [0.2, 0.25) is 0 Å². The lowest BCUT2D eigenvalue weighted by atomic mass is 9.86. The maximum absolute atomic E-state index is 5.76. The molecule has 5 atom stereocenters. The van der Waals surface area contributed by atoms with Crippen LogP contribution >= 0.6 is 0 Å². The lowest BCUT2D eigenvalue weighted by Gasteiger charge is -2.38. The number of hydrogen-bond acceptors (Lipinski definition) is 2. The molecule has 0 saturated carbocycles. The average molecular weight is 168 g/mol. The minimum Gasteiger partial charge on any atom is -0.381 e. The van der Waals surface area contributed by atoms with E-state index in [1.807, 2.05) is 0 Å². The molecule has 12 heavy (non-hydrogen) atoms. The summed E-state index contributed by atoms with van der Waals surface area (Å²) < 4.78 is 11.2. The Morgan fingerprint density at radius 1 is 1.08 bits per heavy atom. The second-order valence-electron chi connectivity index (χ2n) is 3.87. The molecule has 2 nitrogen and oxygen atoms in total. The standard InChI is InChI=1S/C10H16O2/c1-6-8-4-5-9(12-8)7(2)10(6)11-3/h4-10H,1-3H3/t6-,7+,8+,9-,10?. The van der Waals surface area contributed by atoms with Crippen LogP contribution in [0.3, 0.4) is 0 Å². The normalized spacial score (nSPS) is 51.4. The highest BCUT2D eigenvalue weighted by molar-refractivity contribution is 5.11. The second kappa shape index (κ2) is 2.86. The highest BCUT2D eigenvalue weighted by Crippen LogP contribution is 2.36. The summed E-state index contributed by atoms with van der Waals surface area (Å²) in [6, 6.07) is 0. The van der Waals surface area contributed by atoms with Gasteiger partial charge in [0.05, 0.1) is 18.3 Å². The first-order chi connectivity index (χ1) is 5.74. The highest BCUT2D eigenvalue weighted by atomic mass is 16.5. The Labute approximate surface area is 73.5 Å². The fourth-order valence-electron chi connectivity index (χ4n) is 2.37. The van der Waals surface area contributed by atoms with E-state index >= 15 is 0 Å². The first kappa shape index (κ1) is 8.27. The van der Waals surface area contributed by atoms with Crippen LogP contribution < -0.4 is 0 Å². The van der Waals surface area contributed by atoms with Crippen LogP contribution in [-0.2, 0) is 9.47 Å². The molecule has 0 spiro atoms. The van der Waals surface area contributed by atoms with Gasteiger partial charge < -0.3 is 9.47 Å². The van der Waals surface area contributed by atoms with Gasteiger partial charge in [0.15, 0.2) is 0 Å². The van der Waals surface area contributed by atoms with Crippen molar-refractivity contribution >= 4 is 0 Å². The van der Waals surface area contributed by atoms with Gasteiger partial charge in [-0.15, -0.1) is 0 Å². The molecule has 2 rings (SSSR count). The molecule has 0 aromatic heterocycles. The van der Waals surface area contributed by atoms with Gasteiger partial charge in [-0.05, 0) is 0 Å². The van der Waals surface area contributed by atoms with Crippen LogP contribution in [0.15, 0.2) is 12.2 Å². The van der Waals surface area contributed by atoms with Crippen molar-refractivity contribution in [3.8, 4) is 0 Å². The summed E-state index contributed by atoms with van der Waals surface area (Å²) in [6.45, 7) is 4.39. The van der Waals surface area contributed by atoms with Crippen molar-refractivity contribution in [2.75, 3.05) is 7.11 Å². The number of ether oxygens (including phenoxy) is 2. The molecule has 0 N–H and O–H groups in total. The van der Waals surface area contributed by atoms with E-state index in [1.165, 1.54) is 0 Å². The van der Waals surface area contributed by atoms with Crippen molar-refractivity contribution in [1.82, 2.24) is 0 Å². The molecule has 0 radical (unpaired) electrons. The Kier molecular flexibility index (Phi) is 1.97. The molecule has 68 valence electrons. The zero-order valence-corrected chi connectivity index (χ0v) is 7.86. The summed E-state index contributed by atoms with van der Waals surface area (Å²) in [5, 5.41) is 0. The third-order valence-electron chi connectivity index (χ3n) is 3.15. The molecule has 1 fully saturated rings. The van der Waals surface area contributed by atoms with E-state index in [1.54, 1.807) is 7.11 Å². The Morgan fingerprint density at radius 3 is 2.00 bits per heavy atom. The van der Waals surface area contributed by atoms with E-state index in [2.05, 4.69) is 26.0 Å². The van der Waals surface area contributed by atoms with Crippen LogP contribution in [0.4, 0.5) is 0 Å². The highest BCUT2D eigenvalue weighted by Gasteiger charge is 2.42. The first-order valence-corrected chi connectivity index (χ1v) is 4.60. The second-order valence-corrected chi connectivity index (χ2v) is 3.87. The minimum absolute atomic E-state index is 0.288. The Morgan fingerprint density at radius 2 is 1.58 bits per heavy atom. The van der Waals surface area contributed by atoms with E-state index in [0.717, 1.165) is 0 Å². The third kappa shape index (κ3) is 1.02. The quantitative estimate of drug-likeness (QED) is 0.554. The lowest BCUT2D eigenvalue weighted by molar-refractivity contribution is -0.129. The van der Waals surface area contributed by atoms with Crippen LogP contribution in [-0.4, -0.2) is 25.4 Å². The van der Waals surface area contributed by atoms with Gasteiger partial charge in [-0.25, -0.2) is 0 Å². The molecular weight excluding hydrogens is 152 g/mol. The molecule has 2 heterocycles. The molecule has 0 amide bonds. The molecule has 1 unspecified atom stereocenters. The van der Waals surface area contributed by atoms with Crippen LogP contribution in [0.1, 0.15) is 13.8 Å². The Hall–Kier alpha value is -0.340. The first-order valence-electron chi connectivity index (χ1n) is 4.60. The summed E-state index contributed by atoms with van der Waals surface area (Å²) >= 11 is 0. The monoisotopic (exact) mass is 168 g/mol. The summed E-state index contributed by atoms with van der Waals surface area (Å²) in [4.78, 5) is 0. The van der Waals surface area contributed by atoms with E-state index in [-0.39, 0.29) is 12.2 Å². The fourth-order valence-corrected chi connectivity index (χ4v) is 2.37. The van der Waals surface area contributed by atoms with Gasteiger partial charge in [0.1, 0.15) is 0 Å². The zero-order valence-electron chi connectivity index (χ0n) is 7.86. The maximum Gasteiger partial charge on any atom is 0.0815 e. The van der Waals surface area contributed by atoms with E-state index in [4.69, 9.17) is 9.47 Å². The summed E-state index contributed by atoms with van der Waals surface area (Å²) in [7, 11) is 1.79. The van der Waals surface area contributed by atoms with E-state index in [9.17, 15) is 0 Å². The molecule has 2 heteroatoms. The van der Waals surface area contributed by atoms with Gasteiger partial charge in [-0.3, -0.25) is 0 Å². The molecule has 2 aliphatic rings. The van der Waals surface area contributed by atoms with Crippen molar-refractivity contribution in [3.05, 3.63) is 12.2 Å². The summed E-state index contributed by atoms with van der Waals surface area (Å²) in [5.74, 6) is 0.972. The minimum atomic E-state index is 0.288. The molecule has 0 aromatic carbocycles. The summed E-state index contributed by atoms with van der Waals surface area (Å²) in [5.41, 5.74) is 0. The molecule has 0 aliphatic carbocycles. The predicted octanol–water partition coefficient (Wildman–Crippen LogP) is 1.61. The van der Waals surface area contributed by atoms with Gasteiger partial charge >= 0.3 is 0 Å². The largest absolute Gasteiger partial charge is 0.381 e. The van der Waals surface area contributed by atoms with E-state index < -0.39 is 0 Å². The third-order valence-corrected chi connectivity index (χ3v) is 3.15. The van der Waals surface area contributed by atoms with Crippen LogP contribution in [0, 0.1) is 11.8 Å². The smallest absolute Gasteiger partial charge is 0.0815 e. The molecular formula is C10H16O2. The van der Waals surface area contributed by atoms with Crippen molar-refractivity contribution < 1.29 is 9.47 Å². The topological polar surface area (TPSA) is 18.5 Å². The molecule has 2 aliphatic heterocycles. The average Bonchev–Trinajstić information content (AvgIpc) is 2.48. The number of methoxy groups -OCH3 is 1. The SMILES string of the molecule is COC1[C@@H](C)[C@H]2C=C[C@H](O2)[C@H]1C. The molecule has 0 aromatic rings. The zero-order chi connectivity index (χ0) is 8.72. The number of fused-ring (bicyclic) bond motifs is 2. The van der Waals surface area contributed by atoms with Crippen molar-refractivity contribution in [3.63, 3.8) is 0 Å². The van der Waals surface area contributed by atoms with Crippen molar-refractivity contribution in [2.24, 2.45) is 11.8 Å². The summed E-state index contributed by atoms with van der Waals surface area (Å²) in [6.07, 6.45) is 5.27. The predicted molar refractivity (Wildman–Crippen MR) is 46.9 cm³/mol.